The number of hydrogen-bond donors (Lipinski definition) is 3. The predicted octanol–water partition coefficient (Wildman–Crippen LogP) is 0.581. The molecule has 1 atom stereocenters. The molecule has 0 bridgehead atoms. The number of carbonyl (C=O) groups is 1. The molecule has 7 heteroatoms. The summed E-state index contributed by atoms with van der Waals surface area (Å²) < 4.78 is 22.7. The Balaban J connectivity index is 2.27. The van der Waals surface area contributed by atoms with Gasteiger partial charge in [0.1, 0.15) is 0 Å². The third-order valence-electron chi connectivity index (χ3n) is 3.70. The first-order chi connectivity index (χ1) is 9.22. The van der Waals surface area contributed by atoms with Gasteiger partial charge in [-0.3, -0.25) is 4.79 Å². The molecule has 0 radical (unpaired) electrons. The first-order valence-electron chi connectivity index (χ1n) is 6.38. The number of hydrogen-bond acceptors (Lipinski definition) is 4. The zero-order chi connectivity index (χ0) is 15.0. The van der Waals surface area contributed by atoms with Gasteiger partial charge in [0.05, 0.1) is 10.3 Å². The highest BCUT2D eigenvalue weighted by atomic mass is 32.2. The van der Waals surface area contributed by atoms with Gasteiger partial charge in [0.2, 0.25) is 15.9 Å². The summed E-state index contributed by atoms with van der Waals surface area (Å²) in [6.07, 6.45) is 0.757. The molecular formula is C13H19N3O3S. The average Bonchev–Trinajstić information content (AvgIpc) is 2.79. The van der Waals surface area contributed by atoms with Crippen molar-refractivity contribution >= 4 is 21.6 Å². The molecule has 6 nitrogen and oxygen atoms in total. The van der Waals surface area contributed by atoms with Crippen molar-refractivity contribution in [2.24, 2.45) is 10.6 Å². The monoisotopic (exact) mass is 297 g/mol. The van der Waals surface area contributed by atoms with Gasteiger partial charge in [0.15, 0.2) is 0 Å². The Morgan fingerprint density at radius 3 is 2.70 bits per heavy atom. The zero-order valence-corrected chi connectivity index (χ0v) is 12.4. The van der Waals surface area contributed by atoms with E-state index < -0.39 is 15.4 Å². The molecule has 2 rings (SSSR count). The maximum Gasteiger partial charge on any atom is 0.238 e. The summed E-state index contributed by atoms with van der Waals surface area (Å²) >= 11 is 0. The van der Waals surface area contributed by atoms with Gasteiger partial charge < -0.3 is 10.6 Å². The molecule has 4 N–H and O–H groups in total. The predicted molar refractivity (Wildman–Crippen MR) is 76.8 cm³/mol. The third kappa shape index (κ3) is 3.00. The van der Waals surface area contributed by atoms with Crippen LogP contribution in [-0.4, -0.2) is 27.4 Å². The van der Waals surface area contributed by atoms with Crippen molar-refractivity contribution in [2.75, 3.05) is 18.4 Å². The molecule has 0 aliphatic carbocycles. The summed E-state index contributed by atoms with van der Waals surface area (Å²) in [5.74, 6) is -0.114. The molecule has 1 amide bonds. The molecule has 1 heterocycles. The summed E-state index contributed by atoms with van der Waals surface area (Å²) in [6, 6.07) is 4.46. The lowest BCUT2D eigenvalue weighted by molar-refractivity contribution is -0.123. The molecule has 0 saturated carbocycles. The Hall–Kier alpha value is -1.44. The molecule has 0 spiro atoms. The quantitative estimate of drug-likeness (QED) is 0.759. The van der Waals surface area contributed by atoms with Crippen LogP contribution in [0.5, 0.6) is 0 Å². The SMILES string of the molecule is Cc1ccc(S(N)(=O)=O)cc1NC(=O)C1(C)CCNC1. The minimum Gasteiger partial charge on any atom is -0.325 e. The highest BCUT2D eigenvalue weighted by Gasteiger charge is 2.36. The number of sulfonamides is 1. The summed E-state index contributed by atoms with van der Waals surface area (Å²) in [5, 5.41) is 11.1. The number of primary sulfonamides is 1. The molecule has 1 aromatic carbocycles. The van der Waals surface area contributed by atoms with Crippen LogP contribution in [0.1, 0.15) is 18.9 Å². The van der Waals surface area contributed by atoms with Gasteiger partial charge in [0, 0.05) is 12.2 Å². The summed E-state index contributed by atoms with van der Waals surface area (Å²) in [7, 11) is -3.78. The molecule has 20 heavy (non-hydrogen) atoms. The van der Waals surface area contributed by atoms with Crippen molar-refractivity contribution in [3.63, 3.8) is 0 Å². The first kappa shape index (κ1) is 15.0. The molecular weight excluding hydrogens is 278 g/mol. The number of rotatable bonds is 3. The van der Waals surface area contributed by atoms with Gasteiger partial charge in [-0.15, -0.1) is 0 Å². The second-order valence-corrected chi connectivity index (χ2v) is 7.02. The first-order valence-corrected chi connectivity index (χ1v) is 7.93. The van der Waals surface area contributed by atoms with E-state index in [0.717, 1.165) is 18.5 Å². The van der Waals surface area contributed by atoms with Crippen LogP contribution in [0.15, 0.2) is 23.1 Å². The number of carbonyl (C=O) groups excluding carboxylic acids is 1. The molecule has 110 valence electrons. The zero-order valence-electron chi connectivity index (χ0n) is 11.6. The smallest absolute Gasteiger partial charge is 0.238 e. The number of benzene rings is 1. The van der Waals surface area contributed by atoms with E-state index in [1.807, 2.05) is 6.92 Å². The number of amides is 1. The van der Waals surface area contributed by atoms with Crippen LogP contribution in [0.3, 0.4) is 0 Å². The normalized spacial score (nSPS) is 22.8. The van der Waals surface area contributed by atoms with E-state index in [-0.39, 0.29) is 10.8 Å². The highest BCUT2D eigenvalue weighted by Crippen LogP contribution is 2.28. The lowest BCUT2D eigenvalue weighted by Gasteiger charge is -2.22. The molecule has 1 aliphatic heterocycles. The molecule has 1 aliphatic rings. The Morgan fingerprint density at radius 2 is 2.15 bits per heavy atom. The number of anilines is 1. The third-order valence-corrected chi connectivity index (χ3v) is 4.61. The Bertz CT molecular complexity index is 634. The van der Waals surface area contributed by atoms with Crippen molar-refractivity contribution in [3.8, 4) is 0 Å². The number of nitrogens with one attached hydrogen (secondary N) is 2. The lowest BCUT2D eigenvalue weighted by atomic mass is 9.88. The van der Waals surface area contributed by atoms with Gasteiger partial charge in [-0.2, -0.15) is 0 Å². The second-order valence-electron chi connectivity index (χ2n) is 5.46. The van der Waals surface area contributed by atoms with Crippen molar-refractivity contribution < 1.29 is 13.2 Å². The fraction of sp³-hybridized carbons (Fsp3) is 0.462. The molecule has 0 aromatic heterocycles. The fourth-order valence-electron chi connectivity index (χ4n) is 2.20. The maximum absolute atomic E-state index is 12.3. The van der Waals surface area contributed by atoms with E-state index in [4.69, 9.17) is 5.14 Å². The lowest BCUT2D eigenvalue weighted by Crippen LogP contribution is -2.35. The van der Waals surface area contributed by atoms with Crippen LogP contribution in [0.4, 0.5) is 5.69 Å². The molecule has 1 unspecified atom stereocenters. The van der Waals surface area contributed by atoms with Crippen LogP contribution < -0.4 is 15.8 Å². The average molecular weight is 297 g/mol. The Labute approximate surface area is 118 Å². The van der Waals surface area contributed by atoms with Crippen molar-refractivity contribution in [1.82, 2.24) is 5.32 Å². The second kappa shape index (κ2) is 5.16. The van der Waals surface area contributed by atoms with E-state index in [0.29, 0.717) is 12.2 Å². The van der Waals surface area contributed by atoms with E-state index in [1.165, 1.54) is 12.1 Å². The summed E-state index contributed by atoms with van der Waals surface area (Å²) in [6.45, 7) is 5.12. The molecule has 1 aromatic rings. The Morgan fingerprint density at radius 1 is 1.45 bits per heavy atom. The highest BCUT2D eigenvalue weighted by molar-refractivity contribution is 7.89. The Kier molecular flexibility index (Phi) is 3.86. The minimum atomic E-state index is -3.78. The van der Waals surface area contributed by atoms with E-state index in [9.17, 15) is 13.2 Å². The van der Waals surface area contributed by atoms with Gasteiger partial charge in [-0.05, 0) is 44.5 Å². The van der Waals surface area contributed by atoms with Crippen molar-refractivity contribution in [1.29, 1.82) is 0 Å². The van der Waals surface area contributed by atoms with Crippen LogP contribution in [-0.2, 0) is 14.8 Å². The van der Waals surface area contributed by atoms with Gasteiger partial charge in [0.25, 0.3) is 0 Å². The molecule has 1 fully saturated rings. The summed E-state index contributed by atoms with van der Waals surface area (Å²) in [5.41, 5.74) is 0.805. The topological polar surface area (TPSA) is 101 Å². The van der Waals surface area contributed by atoms with E-state index in [1.54, 1.807) is 13.0 Å². The van der Waals surface area contributed by atoms with Gasteiger partial charge in [-0.1, -0.05) is 6.07 Å². The number of nitrogens with two attached hydrogens (primary N) is 1. The van der Waals surface area contributed by atoms with E-state index >= 15 is 0 Å². The van der Waals surface area contributed by atoms with Crippen LogP contribution in [0, 0.1) is 12.3 Å². The summed E-state index contributed by atoms with van der Waals surface area (Å²) in [4.78, 5) is 12.3. The van der Waals surface area contributed by atoms with Crippen molar-refractivity contribution in [2.45, 2.75) is 25.2 Å². The maximum atomic E-state index is 12.3. The van der Waals surface area contributed by atoms with Gasteiger partial charge in [-0.25, -0.2) is 13.6 Å². The molecule has 1 saturated heterocycles. The van der Waals surface area contributed by atoms with Gasteiger partial charge >= 0.3 is 0 Å². The fourth-order valence-corrected chi connectivity index (χ4v) is 2.74. The number of aryl methyl sites for hydroxylation is 1. The van der Waals surface area contributed by atoms with Crippen molar-refractivity contribution in [3.05, 3.63) is 23.8 Å². The largest absolute Gasteiger partial charge is 0.325 e. The van der Waals surface area contributed by atoms with Crippen LogP contribution in [0.2, 0.25) is 0 Å². The minimum absolute atomic E-state index is 0.00639. The standard InChI is InChI=1S/C13H19N3O3S/c1-9-3-4-10(20(14,18)19)7-11(9)16-12(17)13(2)5-6-15-8-13/h3-4,7,15H,5-6,8H2,1-2H3,(H,16,17)(H2,14,18,19). The van der Waals surface area contributed by atoms with E-state index in [2.05, 4.69) is 10.6 Å². The van der Waals surface area contributed by atoms with Crippen LogP contribution >= 0.6 is 0 Å². The van der Waals surface area contributed by atoms with Crippen LogP contribution in [0.25, 0.3) is 0 Å².